The van der Waals surface area contributed by atoms with Crippen LogP contribution in [0.15, 0.2) is 34.8 Å². The molecular weight excluding hydrogens is 294 g/mol. The zero-order chi connectivity index (χ0) is 12.4. The number of thiophene rings is 1. The average Bonchev–Trinajstić information content (AvgIpc) is 2.62. The maximum atomic E-state index is 3.47. The Bertz CT molecular complexity index is 501. The monoisotopic (exact) mass is 309 g/mol. The van der Waals surface area contributed by atoms with Crippen LogP contribution in [0, 0.1) is 13.8 Å². The molecule has 1 nitrogen and oxygen atoms in total. The van der Waals surface area contributed by atoms with Crippen LogP contribution in [0.2, 0.25) is 0 Å². The van der Waals surface area contributed by atoms with E-state index in [0.29, 0.717) is 0 Å². The van der Waals surface area contributed by atoms with Crippen LogP contribution in [-0.2, 0) is 0 Å². The lowest BCUT2D eigenvalue weighted by molar-refractivity contribution is 0.690. The van der Waals surface area contributed by atoms with Crippen LogP contribution in [0.1, 0.15) is 26.9 Å². The highest BCUT2D eigenvalue weighted by atomic mass is 79.9. The second-order valence-electron chi connectivity index (χ2n) is 4.14. The molecule has 0 fully saturated rings. The van der Waals surface area contributed by atoms with Gasteiger partial charge in [0.25, 0.3) is 0 Å². The van der Waals surface area contributed by atoms with Crippen molar-refractivity contribution in [2.24, 2.45) is 0 Å². The molecule has 1 aromatic carbocycles. The van der Waals surface area contributed by atoms with Gasteiger partial charge in [-0.15, -0.1) is 11.3 Å². The third-order valence-corrected chi connectivity index (χ3v) is 4.39. The fourth-order valence-electron chi connectivity index (χ4n) is 2.09. The number of hydrogen-bond acceptors (Lipinski definition) is 2. The topological polar surface area (TPSA) is 12.0 Å². The molecule has 1 heterocycles. The third kappa shape index (κ3) is 2.79. The quantitative estimate of drug-likeness (QED) is 0.884. The van der Waals surface area contributed by atoms with E-state index >= 15 is 0 Å². The molecule has 1 N–H and O–H groups in total. The minimum atomic E-state index is 0.285. The van der Waals surface area contributed by atoms with Crippen LogP contribution in [0.25, 0.3) is 0 Å². The first-order valence-electron chi connectivity index (χ1n) is 5.61. The third-order valence-electron chi connectivity index (χ3n) is 2.88. The molecule has 1 unspecified atom stereocenters. The predicted molar refractivity (Wildman–Crippen MR) is 78.8 cm³/mol. The van der Waals surface area contributed by atoms with Gasteiger partial charge in [-0.25, -0.2) is 0 Å². The minimum Gasteiger partial charge on any atom is -0.309 e. The predicted octanol–water partition coefficient (Wildman–Crippen LogP) is 4.44. The highest BCUT2D eigenvalue weighted by molar-refractivity contribution is 9.10. The van der Waals surface area contributed by atoms with Gasteiger partial charge in [-0.3, -0.25) is 0 Å². The summed E-state index contributed by atoms with van der Waals surface area (Å²) >= 11 is 5.33. The Morgan fingerprint density at radius 3 is 2.29 bits per heavy atom. The molecule has 0 aliphatic rings. The van der Waals surface area contributed by atoms with Crippen molar-refractivity contribution in [1.82, 2.24) is 5.32 Å². The van der Waals surface area contributed by atoms with Gasteiger partial charge < -0.3 is 5.32 Å². The molecule has 0 saturated carbocycles. The van der Waals surface area contributed by atoms with E-state index in [2.05, 4.69) is 65.4 Å². The molecule has 3 heteroatoms. The summed E-state index contributed by atoms with van der Waals surface area (Å²) in [6.45, 7) is 4.35. The Labute approximate surface area is 115 Å². The van der Waals surface area contributed by atoms with Crippen molar-refractivity contribution in [3.63, 3.8) is 0 Å². The SMILES string of the molecule is CNC(c1ccc(Br)cc1)c1cc(C)sc1C. The van der Waals surface area contributed by atoms with Gasteiger partial charge in [-0.2, -0.15) is 0 Å². The van der Waals surface area contributed by atoms with Gasteiger partial charge in [-0.1, -0.05) is 28.1 Å². The Balaban J connectivity index is 2.39. The van der Waals surface area contributed by atoms with Crippen molar-refractivity contribution >= 4 is 27.3 Å². The largest absolute Gasteiger partial charge is 0.309 e. The minimum absolute atomic E-state index is 0.285. The van der Waals surface area contributed by atoms with E-state index in [0.717, 1.165) is 4.47 Å². The maximum absolute atomic E-state index is 3.47. The van der Waals surface area contributed by atoms with Gasteiger partial charge in [0.2, 0.25) is 0 Å². The van der Waals surface area contributed by atoms with E-state index in [1.807, 2.05) is 18.4 Å². The lowest BCUT2D eigenvalue weighted by Crippen LogP contribution is -2.17. The summed E-state index contributed by atoms with van der Waals surface area (Å²) in [6.07, 6.45) is 0. The Kier molecular flexibility index (Phi) is 4.02. The molecule has 17 heavy (non-hydrogen) atoms. The summed E-state index contributed by atoms with van der Waals surface area (Å²) < 4.78 is 1.12. The highest BCUT2D eigenvalue weighted by Gasteiger charge is 2.15. The maximum Gasteiger partial charge on any atom is 0.0585 e. The Morgan fingerprint density at radius 1 is 1.18 bits per heavy atom. The lowest BCUT2D eigenvalue weighted by Gasteiger charge is -2.17. The smallest absolute Gasteiger partial charge is 0.0585 e. The van der Waals surface area contributed by atoms with E-state index in [4.69, 9.17) is 0 Å². The van der Waals surface area contributed by atoms with Gasteiger partial charge in [-0.05, 0) is 50.2 Å². The Morgan fingerprint density at radius 2 is 1.82 bits per heavy atom. The van der Waals surface area contributed by atoms with E-state index in [-0.39, 0.29) is 6.04 Å². The van der Waals surface area contributed by atoms with Crippen molar-refractivity contribution in [2.75, 3.05) is 7.05 Å². The van der Waals surface area contributed by atoms with Crippen LogP contribution in [-0.4, -0.2) is 7.05 Å². The average molecular weight is 310 g/mol. The summed E-state index contributed by atoms with van der Waals surface area (Å²) in [6, 6.07) is 11.1. The van der Waals surface area contributed by atoms with Crippen molar-refractivity contribution in [2.45, 2.75) is 19.9 Å². The zero-order valence-corrected chi connectivity index (χ0v) is 12.7. The number of nitrogens with one attached hydrogen (secondary N) is 1. The summed E-state index contributed by atoms with van der Waals surface area (Å²) in [7, 11) is 2.01. The van der Waals surface area contributed by atoms with Crippen LogP contribution in [0.5, 0.6) is 0 Å². The van der Waals surface area contributed by atoms with E-state index in [9.17, 15) is 0 Å². The van der Waals surface area contributed by atoms with Gasteiger partial charge in [0, 0.05) is 14.2 Å². The lowest BCUT2D eigenvalue weighted by atomic mass is 9.99. The van der Waals surface area contributed by atoms with E-state index < -0.39 is 0 Å². The summed E-state index contributed by atoms with van der Waals surface area (Å²) in [5, 5.41) is 3.40. The summed E-state index contributed by atoms with van der Waals surface area (Å²) in [4.78, 5) is 2.76. The van der Waals surface area contributed by atoms with Crippen LogP contribution < -0.4 is 5.32 Å². The van der Waals surface area contributed by atoms with Crippen molar-refractivity contribution in [3.05, 3.63) is 55.7 Å². The number of hydrogen-bond donors (Lipinski definition) is 1. The first-order valence-corrected chi connectivity index (χ1v) is 7.22. The highest BCUT2D eigenvalue weighted by Crippen LogP contribution is 2.30. The van der Waals surface area contributed by atoms with Gasteiger partial charge in [0.15, 0.2) is 0 Å². The van der Waals surface area contributed by atoms with Gasteiger partial charge in [0.1, 0.15) is 0 Å². The molecule has 0 radical (unpaired) electrons. The second kappa shape index (κ2) is 5.34. The van der Waals surface area contributed by atoms with Crippen molar-refractivity contribution in [1.29, 1.82) is 0 Å². The summed E-state index contributed by atoms with van der Waals surface area (Å²) in [5.41, 5.74) is 2.69. The zero-order valence-electron chi connectivity index (χ0n) is 10.3. The van der Waals surface area contributed by atoms with Crippen LogP contribution >= 0.6 is 27.3 Å². The fraction of sp³-hybridized carbons (Fsp3) is 0.286. The molecule has 0 amide bonds. The second-order valence-corrected chi connectivity index (χ2v) is 6.52. The Hall–Kier alpha value is -0.640. The van der Waals surface area contributed by atoms with Gasteiger partial charge in [0.05, 0.1) is 6.04 Å². The summed E-state index contributed by atoms with van der Waals surface area (Å²) in [5.74, 6) is 0. The van der Waals surface area contributed by atoms with E-state index in [1.165, 1.54) is 20.9 Å². The molecule has 0 spiro atoms. The van der Waals surface area contributed by atoms with Gasteiger partial charge >= 0.3 is 0 Å². The molecule has 0 aliphatic heterocycles. The van der Waals surface area contributed by atoms with Crippen molar-refractivity contribution in [3.8, 4) is 0 Å². The van der Waals surface area contributed by atoms with Crippen LogP contribution in [0.4, 0.5) is 0 Å². The molecule has 0 saturated heterocycles. The van der Waals surface area contributed by atoms with Crippen molar-refractivity contribution < 1.29 is 0 Å². The molecule has 90 valence electrons. The fourth-order valence-corrected chi connectivity index (χ4v) is 3.32. The molecule has 1 atom stereocenters. The number of rotatable bonds is 3. The first-order chi connectivity index (χ1) is 8.11. The number of benzene rings is 1. The molecule has 1 aromatic heterocycles. The number of aryl methyl sites for hydroxylation is 2. The molecule has 2 aromatic rings. The standard InChI is InChI=1S/C14H16BrNS/c1-9-8-13(10(2)17-9)14(16-3)11-4-6-12(15)7-5-11/h4-8,14,16H,1-3H3. The van der Waals surface area contributed by atoms with E-state index in [1.54, 1.807) is 0 Å². The first kappa shape index (κ1) is 12.8. The number of halogens is 1. The molecule has 0 aliphatic carbocycles. The molecule has 0 bridgehead atoms. The molecular formula is C14H16BrNS. The van der Waals surface area contributed by atoms with Crippen LogP contribution in [0.3, 0.4) is 0 Å². The normalized spacial score (nSPS) is 12.7. The molecule has 2 rings (SSSR count).